The molecular weight excluding hydrogens is 192 g/mol. The van der Waals surface area contributed by atoms with Crippen molar-refractivity contribution in [1.82, 2.24) is 10.2 Å². The standard InChI is InChI=1S/C11H18N2O2/c1-10(2)9(15)13(6-8(14)12-10)7-11(3)4-5-11/h4-7H2,1-3H3,(H,12,14). The highest BCUT2D eigenvalue weighted by atomic mass is 16.2. The number of hydrogen-bond donors (Lipinski definition) is 1. The summed E-state index contributed by atoms with van der Waals surface area (Å²) in [6, 6.07) is 0. The van der Waals surface area contributed by atoms with E-state index < -0.39 is 5.54 Å². The maximum atomic E-state index is 12.0. The van der Waals surface area contributed by atoms with Crippen LogP contribution in [0.1, 0.15) is 33.6 Å². The van der Waals surface area contributed by atoms with Gasteiger partial charge in [0.2, 0.25) is 11.8 Å². The molecule has 2 amide bonds. The molecule has 1 aliphatic heterocycles. The summed E-state index contributed by atoms with van der Waals surface area (Å²) in [5, 5.41) is 2.71. The Morgan fingerprint density at radius 3 is 2.40 bits per heavy atom. The maximum Gasteiger partial charge on any atom is 0.248 e. The van der Waals surface area contributed by atoms with Crippen molar-refractivity contribution in [1.29, 1.82) is 0 Å². The van der Waals surface area contributed by atoms with Crippen LogP contribution in [-0.2, 0) is 9.59 Å². The predicted molar refractivity (Wildman–Crippen MR) is 56.1 cm³/mol. The number of carbonyl (C=O) groups is 2. The lowest BCUT2D eigenvalue weighted by molar-refractivity contribution is -0.149. The van der Waals surface area contributed by atoms with Crippen LogP contribution in [0.15, 0.2) is 0 Å². The SMILES string of the molecule is CC1(CN2CC(=O)NC(C)(C)C2=O)CC1. The third-order valence-corrected chi connectivity index (χ3v) is 3.28. The molecule has 0 spiro atoms. The van der Waals surface area contributed by atoms with Crippen molar-refractivity contribution in [3.63, 3.8) is 0 Å². The second-order valence-corrected chi connectivity index (χ2v) is 5.65. The molecule has 0 radical (unpaired) electrons. The van der Waals surface area contributed by atoms with Crippen LogP contribution in [0.4, 0.5) is 0 Å². The molecular formula is C11H18N2O2. The van der Waals surface area contributed by atoms with E-state index in [2.05, 4.69) is 12.2 Å². The van der Waals surface area contributed by atoms with Gasteiger partial charge in [0.25, 0.3) is 0 Å². The van der Waals surface area contributed by atoms with Crippen LogP contribution in [0.25, 0.3) is 0 Å². The van der Waals surface area contributed by atoms with Gasteiger partial charge in [-0.05, 0) is 32.1 Å². The fourth-order valence-electron chi connectivity index (χ4n) is 2.04. The Labute approximate surface area is 90.0 Å². The fraction of sp³-hybridized carbons (Fsp3) is 0.818. The van der Waals surface area contributed by atoms with Crippen molar-refractivity contribution >= 4 is 11.8 Å². The summed E-state index contributed by atoms with van der Waals surface area (Å²) in [6.07, 6.45) is 2.33. The Morgan fingerprint density at radius 2 is 1.87 bits per heavy atom. The minimum atomic E-state index is -0.736. The Balaban J connectivity index is 2.10. The molecule has 1 saturated heterocycles. The highest BCUT2D eigenvalue weighted by Gasteiger charge is 2.45. The van der Waals surface area contributed by atoms with E-state index in [1.54, 1.807) is 18.7 Å². The molecule has 1 aliphatic carbocycles. The van der Waals surface area contributed by atoms with Crippen molar-refractivity contribution in [2.75, 3.05) is 13.1 Å². The summed E-state index contributed by atoms with van der Waals surface area (Å²) < 4.78 is 0. The van der Waals surface area contributed by atoms with Gasteiger partial charge in [0.1, 0.15) is 5.54 Å². The van der Waals surface area contributed by atoms with Gasteiger partial charge in [-0.25, -0.2) is 0 Å². The monoisotopic (exact) mass is 210 g/mol. The first-order valence-electron chi connectivity index (χ1n) is 5.43. The third kappa shape index (κ3) is 1.98. The second kappa shape index (κ2) is 2.97. The van der Waals surface area contributed by atoms with Crippen LogP contribution in [-0.4, -0.2) is 35.3 Å². The minimum Gasteiger partial charge on any atom is -0.341 e. The first-order chi connectivity index (χ1) is 6.82. The quantitative estimate of drug-likeness (QED) is 0.722. The van der Waals surface area contributed by atoms with Gasteiger partial charge in [0.15, 0.2) is 0 Å². The lowest BCUT2D eigenvalue weighted by Gasteiger charge is -2.38. The number of rotatable bonds is 2. The third-order valence-electron chi connectivity index (χ3n) is 3.28. The summed E-state index contributed by atoms with van der Waals surface area (Å²) in [4.78, 5) is 25.1. The van der Waals surface area contributed by atoms with Crippen molar-refractivity contribution in [2.45, 2.75) is 39.2 Å². The molecule has 0 unspecified atom stereocenters. The van der Waals surface area contributed by atoms with E-state index in [1.165, 1.54) is 12.8 Å². The molecule has 4 nitrogen and oxygen atoms in total. The van der Waals surface area contributed by atoms with Crippen molar-refractivity contribution in [3.05, 3.63) is 0 Å². The van der Waals surface area contributed by atoms with Gasteiger partial charge in [-0.3, -0.25) is 9.59 Å². The van der Waals surface area contributed by atoms with E-state index in [0.29, 0.717) is 0 Å². The molecule has 0 aromatic rings. The number of amides is 2. The highest BCUT2D eigenvalue weighted by Crippen LogP contribution is 2.45. The number of nitrogens with zero attached hydrogens (tertiary/aromatic N) is 1. The molecule has 2 fully saturated rings. The molecule has 0 aromatic carbocycles. The van der Waals surface area contributed by atoms with Crippen LogP contribution in [0.3, 0.4) is 0 Å². The predicted octanol–water partition coefficient (Wildman–Crippen LogP) is 0.523. The number of nitrogens with one attached hydrogen (secondary N) is 1. The van der Waals surface area contributed by atoms with Crippen LogP contribution in [0, 0.1) is 5.41 Å². The lowest BCUT2D eigenvalue weighted by atomic mass is 9.99. The smallest absolute Gasteiger partial charge is 0.248 e. The van der Waals surface area contributed by atoms with E-state index in [0.717, 1.165) is 6.54 Å². The zero-order valence-corrected chi connectivity index (χ0v) is 9.59. The van der Waals surface area contributed by atoms with E-state index in [-0.39, 0.29) is 23.8 Å². The van der Waals surface area contributed by atoms with Gasteiger partial charge < -0.3 is 10.2 Å². The molecule has 15 heavy (non-hydrogen) atoms. The Bertz CT molecular complexity index is 319. The number of carbonyl (C=O) groups excluding carboxylic acids is 2. The first kappa shape index (κ1) is 10.5. The summed E-state index contributed by atoms with van der Waals surface area (Å²) in [5.41, 5.74) is -0.468. The largest absolute Gasteiger partial charge is 0.341 e. The molecule has 2 aliphatic rings. The molecule has 0 aromatic heterocycles. The average molecular weight is 210 g/mol. The zero-order chi connectivity index (χ0) is 11.3. The Morgan fingerprint density at radius 1 is 1.27 bits per heavy atom. The normalized spacial score (nSPS) is 27.5. The Hall–Kier alpha value is -1.06. The van der Waals surface area contributed by atoms with E-state index in [4.69, 9.17) is 0 Å². The minimum absolute atomic E-state index is 0.0372. The maximum absolute atomic E-state index is 12.0. The molecule has 0 bridgehead atoms. The van der Waals surface area contributed by atoms with Crippen LogP contribution in [0.5, 0.6) is 0 Å². The van der Waals surface area contributed by atoms with Gasteiger partial charge in [-0.2, -0.15) is 0 Å². The van der Waals surface area contributed by atoms with E-state index in [9.17, 15) is 9.59 Å². The molecule has 84 valence electrons. The second-order valence-electron chi connectivity index (χ2n) is 5.65. The van der Waals surface area contributed by atoms with Gasteiger partial charge in [0.05, 0.1) is 6.54 Å². The zero-order valence-electron chi connectivity index (χ0n) is 9.59. The van der Waals surface area contributed by atoms with Gasteiger partial charge >= 0.3 is 0 Å². The topological polar surface area (TPSA) is 49.4 Å². The van der Waals surface area contributed by atoms with Gasteiger partial charge in [-0.1, -0.05) is 6.92 Å². The summed E-state index contributed by atoms with van der Waals surface area (Å²) in [6.45, 7) is 6.63. The molecule has 4 heteroatoms. The summed E-state index contributed by atoms with van der Waals surface area (Å²) in [5.74, 6) is -0.0147. The van der Waals surface area contributed by atoms with Crippen molar-refractivity contribution in [2.24, 2.45) is 5.41 Å². The fourth-order valence-corrected chi connectivity index (χ4v) is 2.04. The van der Waals surface area contributed by atoms with Crippen LogP contribution >= 0.6 is 0 Å². The average Bonchev–Trinajstić information content (AvgIpc) is 2.78. The molecule has 1 heterocycles. The van der Waals surface area contributed by atoms with E-state index in [1.807, 2.05) is 0 Å². The van der Waals surface area contributed by atoms with E-state index >= 15 is 0 Å². The number of piperazine rings is 1. The lowest BCUT2D eigenvalue weighted by Crippen LogP contribution is -2.64. The summed E-state index contributed by atoms with van der Waals surface area (Å²) >= 11 is 0. The molecule has 2 rings (SSSR count). The summed E-state index contributed by atoms with van der Waals surface area (Å²) in [7, 11) is 0. The van der Waals surface area contributed by atoms with Crippen LogP contribution in [0.2, 0.25) is 0 Å². The van der Waals surface area contributed by atoms with Gasteiger partial charge in [0, 0.05) is 6.54 Å². The number of hydrogen-bond acceptors (Lipinski definition) is 2. The van der Waals surface area contributed by atoms with Crippen molar-refractivity contribution < 1.29 is 9.59 Å². The molecule has 1 N–H and O–H groups in total. The first-order valence-corrected chi connectivity index (χ1v) is 5.43. The molecule has 1 saturated carbocycles. The van der Waals surface area contributed by atoms with Crippen molar-refractivity contribution in [3.8, 4) is 0 Å². The highest BCUT2D eigenvalue weighted by molar-refractivity contribution is 5.97. The van der Waals surface area contributed by atoms with Crippen LogP contribution < -0.4 is 5.32 Å². The van der Waals surface area contributed by atoms with Gasteiger partial charge in [-0.15, -0.1) is 0 Å². The molecule has 0 atom stereocenters. The Kier molecular flexibility index (Phi) is 2.07.